The molecule has 0 aliphatic carbocycles. The molecule has 218 valence electrons. The lowest BCUT2D eigenvalue weighted by Gasteiger charge is -2.18. The summed E-state index contributed by atoms with van der Waals surface area (Å²) in [4.78, 5) is 24.5. The Hall–Kier alpha value is -5.22. The molecule has 0 spiro atoms. The van der Waals surface area contributed by atoms with E-state index in [2.05, 4.69) is 86.0 Å². The first-order valence-electron chi connectivity index (χ1n) is 14.9. The maximum Gasteiger partial charge on any atom is 0.161 e. The molecule has 0 heterocycles. The average Bonchev–Trinajstić information content (AvgIpc) is 3.03. The molecule has 0 amide bonds. The smallest absolute Gasteiger partial charge is 0.161 e. The van der Waals surface area contributed by atoms with Crippen LogP contribution in [0.3, 0.4) is 0 Å². The molecule has 0 unspecified atom stereocenters. The van der Waals surface area contributed by atoms with Crippen LogP contribution in [0.25, 0.3) is 54.2 Å². The van der Waals surface area contributed by atoms with Gasteiger partial charge < -0.3 is 9.47 Å². The van der Waals surface area contributed by atoms with E-state index >= 15 is 0 Å². The zero-order valence-corrected chi connectivity index (χ0v) is 25.1. The second-order valence-corrected chi connectivity index (χ2v) is 11.3. The Morgan fingerprint density at radius 3 is 1.32 bits per heavy atom. The van der Waals surface area contributed by atoms with Crippen molar-refractivity contribution in [3.63, 3.8) is 0 Å². The van der Waals surface area contributed by atoms with Crippen molar-refractivity contribution in [3.05, 3.63) is 121 Å². The van der Waals surface area contributed by atoms with Crippen LogP contribution in [0, 0.1) is 0 Å². The minimum Gasteiger partial charge on any atom is -0.492 e. The van der Waals surface area contributed by atoms with Crippen LogP contribution in [-0.4, -0.2) is 24.8 Å². The Labute approximate surface area is 257 Å². The third kappa shape index (κ3) is 5.47. The maximum absolute atomic E-state index is 12.3. The summed E-state index contributed by atoms with van der Waals surface area (Å²) in [6.07, 6.45) is 0.549. The Balaban J connectivity index is 1.52. The van der Waals surface area contributed by atoms with Gasteiger partial charge in [0.25, 0.3) is 0 Å². The predicted molar refractivity (Wildman–Crippen MR) is 182 cm³/mol. The molecule has 44 heavy (non-hydrogen) atoms. The quantitative estimate of drug-likeness (QED) is 0.113. The maximum atomic E-state index is 12.3. The first-order chi connectivity index (χ1) is 21.3. The van der Waals surface area contributed by atoms with Crippen molar-refractivity contribution < 1.29 is 19.1 Å². The minimum atomic E-state index is 0.000212. The molecular weight excluding hydrogens is 544 g/mol. The fraction of sp³-hybridized carbons (Fsp3) is 0.150. The van der Waals surface area contributed by atoms with Crippen molar-refractivity contribution in [1.82, 2.24) is 0 Å². The van der Waals surface area contributed by atoms with Gasteiger partial charge in [0.2, 0.25) is 0 Å². The molecule has 6 aromatic carbocycles. The largest absolute Gasteiger partial charge is 0.492 e. The van der Waals surface area contributed by atoms with Gasteiger partial charge in [-0.15, -0.1) is 0 Å². The highest BCUT2D eigenvalue weighted by Crippen LogP contribution is 2.44. The van der Waals surface area contributed by atoms with Crippen LogP contribution in [0.15, 0.2) is 121 Å². The molecule has 0 fully saturated rings. The van der Waals surface area contributed by atoms with E-state index in [1.807, 2.05) is 24.3 Å². The van der Waals surface area contributed by atoms with Crippen LogP contribution in [0.2, 0.25) is 0 Å². The summed E-state index contributed by atoms with van der Waals surface area (Å²) in [6.45, 7) is 11.6. The number of benzene rings is 6. The molecule has 6 rings (SSSR count). The van der Waals surface area contributed by atoms with Gasteiger partial charge in [-0.1, -0.05) is 98.1 Å². The minimum absolute atomic E-state index is 0.000212. The van der Waals surface area contributed by atoms with Gasteiger partial charge in [-0.2, -0.15) is 0 Å². The summed E-state index contributed by atoms with van der Waals surface area (Å²) < 4.78 is 12.7. The van der Waals surface area contributed by atoms with Gasteiger partial charge in [-0.05, 0) is 69.8 Å². The lowest BCUT2D eigenvalue weighted by atomic mass is 9.90. The molecule has 0 N–H and O–H groups in total. The molecule has 0 aromatic heterocycles. The zero-order valence-electron chi connectivity index (χ0n) is 25.1. The Bertz CT molecular complexity index is 1970. The summed E-state index contributed by atoms with van der Waals surface area (Å²) in [5, 5.41) is 8.21. The molecule has 0 atom stereocenters. The van der Waals surface area contributed by atoms with Gasteiger partial charge in [0.05, 0.1) is 13.2 Å². The van der Waals surface area contributed by atoms with Crippen molar-refractivity contribution in [2.24, 2.45) is 0 Å². The van der Waals surface area contributed by atoms with Crippen LogP contribution in [0.1, 0.15) is 26.7 Å². The van der Waals surface area contributed by atoms with Crippen molar-refractivity contribution in [1.29, 1.82) is 0 Å². The summed E-state index contributed by atoms with van der Waals surface area (Å²) >= 11 is 0. The van der Waals surface area contributed by atoms with Crippen molar-refractivity contribution in [2.45, 2.75) is 26.7 Å². The number of Topliss-reactive ketones (excluding diaryl/α,β-unsaturated/α-hetero) is 2. The third-order valence-electron chi connectivity index (χ3n) is 8.11. The van der Waals surface area contributed by atoms with E-state index in [9.17, 15) is 9.59 Å². The van der Waals surface area contributed by atoms with Crippen LogP contribution >= 0.6 is 0 Å². The van der Waals surface area contributed by atoms with Crippen molar-refractivity contribution >= 4 is 54.7 Å². The molecule has 0 saturated carbocycles. The fourth-order valence-electron chi connectivity index (χ4n) is 5.80. The standard InChI is InChI=1S/C40H34O4/c1-25(2)37(41)19-21-43-39-29-13-7-5-11-27(29)23-35-31(15-9-17-33(35)39)32-16-10-18-34-36(32)24-28-12-6-8-14-30(28)40(34)44-22-20-38(42)26(3)4/h5-18,23-24H,1,3,19-22H2,2,4H3. The number of carbonyl (C=O) groups excluding carboxylic acids is 2. The SMILES string of the molecule is C=C(C)C(=O)CCOc1c2ccccc2cc2c(-c3cccc4c(OCCC(=O)C(=C)C)c5ccccc5cc34)cccc12. The fourth-order valence-corrected chi connectivity index (χ4v) is 5.80. The van der Waals surface area contributed by atoms with Gasteiger partial charge in [-0.3, -0.25) is 9.59 Å². The summed E-state index contributed by atoms with van der Waals surface area (Å²) in [7, 11) is 0. The van der Waals surface area contributed by atoms with Gasteiger partial charge in [0, 0.05) is 34.4 Å². The van der Waals surface area contributed by atoms with E-state index in [1.165, 1.54) is 0 Å². The first kappa shape index (κ1) is 28.9. The number of ether oxygens (including phenoxy) is 2. The summed E-state index contributed by atoms with van der Waals surface area (Å²) in [5.41, 5.74) is 3.21. The molecule has 0 aliphatic rings. The number of hydrogen-bond acceptors (Lipinski definition) is 4. The van der Waals surface area contributed by atoms with Gasteiger partial charge >= 0.3 is 0 Å². The van der Waals surface area contributed by atoms with Crippen molar-refractivity contribution in [2.75, 3.05) is 13.2 Å². The summed E-state index contributed by atoms with van der Waals surface area (Å²) in [5.74, 6) is 1.54. The number of carbonyl (C=O) groups is 2. The highest BCUT2D eigenvalue weighted by atomic mass is 16.5. The molecule has 0 saturated heterocycles. The van der Waals surface area contributed by atoms with Gasteiger partial charge in [-0.25, -0.2) is 0 Å². The number of rotatable bonds is 11. The zero-order chi connectivity index (χ0) is 30.8. The predicted octanol–water partition coefficient (Wildman–Crippen LogP) is 9.79. The molecule has 6 aromatic rings. The topological polar surface area (TPSA) is 52.6 Å². The lowest BCUT2D eigenvalue weighted by molar-refractivity contribution is -0.116. The van der Waals surface area contributed by atoms with E-state index in [1.54, 1.807) is 13.8 Å². The van der Waals surface area contributed by atoms with Gasteiger partial charge in [0.1, 0.15) is 11.5 Å². The Morgan fingerprint density at radius 1 is 0.523 bits per heavy atom. The third-order valence-corrected chi connectivity index (χ3v) is 8.11. The number of ketones is 2. The normalized spacial score (nSPS) is 11.2. The monoisotopic (exact) mass is 578 g/mol. The van der Waals surface area contributed by atoms with E-state index < -0.39 is 0 Å². The van der Waals surface area contributed by atoms with Crippen LogP contribution in [-0.2, 0) is 9.59 Å². The molecule has 0 bridgehead atoms. The second-order valence-electron chi connectivity index (χ2n) is 11.3. The Kier molecular flexibility index (Phi) is 7.99. The van der Waals surface area contributed by atoms with Gasteiger partial charge in [0.15, 0.2) is 11.6 Å². The molecule has 4 nitrogen and oxygen atoms in total. The average molecular weight is 579 g/mol. The number of allylic oxidation sites excluding steroid dienone is 2. The van der Waals surface area contributed by atoms with E-state index in [4.69, 9.17) is 9.47 Å². The lowest BCUT2D eigenvalue weighted by Crippen LogP contribution is -2.07. The number of fused-ring (bicyclic) bond motifs is 4. The Morgan fingerprint density at radius 2 is 0.909 bits per heavy atom. The van der Waals surface area contributed by atoms with E-state index in [0.717, 1.165) is 65.7 Å². The van der Waals surface area contributed by atoms with Crippen LogP contribution in [0.5, 0.6) is 11.5 Å². The first-order valence-corrected chi connectivity index (χ1v) is 14.9. The molecule has 0 radical (unpaired) electrons. The highest BCUT2D eigenvalue weighted by molar-refractivity contribution is 6.16. The van der Waals surface area contributed by atoms with Crippen LogP contribution < -0.4 is 9.47 Å². The highest BCUT2D eigenvalue weighted by Gasteiger charge is 2.17. The van der Waals surface area contributed by atoms with Crippen LogP contribution in [0.4, 0.5) is 0 Å². The molecular formula is C40H34O4. The molecule has 0 aliphatic heterocycles. The van der Waals surface area contributed by atoms with Crippen molar-refractivity contribution in [3.8, 4) is 22.6 Å². The summed E-state index contributed by atoms with van der Waals surface area (Å²) in [6, 6.07) is 33.3. The second kappa shape index (κ2) is 12.2. The van der Waals surface area contributed by atoms with E-state index in [0.29, 0.717) is 11.1 Å². The van der Waals surface area contributed by atoms with E-state index in [-0.39, 0.29) is 37.6 Å². The number of hydrogen-bond donors (Lipinski definition) is 0. The molecule has 4 heteroatoms.